The first kappa shape index (κ1) is 19.5. The summed E-state index contributed by atoms with van der Waals surface area (Å²) < 4.78 is 81.3. The summed E-state index contributed by atoms with van der Waals surface area (Å²) in [6.45, 7) is -0.564. The van der Waals surface area contributed by atoms with Gasteiger partial charge in [0.05, 0.1) is 24.0 Å². The molecule has 0 unspecified atom stereocenters. The van der Waals surface area contributed by atoms with Gasteiger partial charge in [0.1, 0.15) is 23.0 Å². The van der Waals surface area contributed by atoms with Gasteiger partial charge in [0.25, 0.3) is 5.91 Å². The summed E-state index contributed by atoms with van der Waals surface area (Å²) >= 11 is 0. The van der Waals surface area contributed by atoms with Gasteiger partial charge in [-0.05, 0) is 24.3 Å². The van der Waals surface area contributed by atoms with Crippen molar-refractivity contribution in [2.24, 2.45) is 0 Å². The van der Waals surface area contributed by atoms with E-state index in [0.717, 1.165) is 53.5 Å². The molecule has 1 N–H and O–H groups in total. The number of halogens is 6. The number of hydrogen-bond donors (Lipinski definition) is 1. The third-order valence-electron chi connectivity index (χ3n) is 3.83. The van der Waals surface area contributed by atoms with Crippen LogP contribution in [-0.4, -0.2) is 15.7 Å². The van der Waals surface area contributed by atoms with Gasteiger partial charge in [-0.15, -0.1) is 0 Å². The van der Waals surface area contributed by atoms with Crippen LogP contribution in [0.2, 0.25) is 0 Å². The van der Waals surface area contributed by atoms with E-state index in [-0.39, 0.29) is 5.69 Å². The van der Waals surface area contributed by atoms with Crippen molar-refractivity contribution in [3.05, 3.63) is 82.9 Å². The quantitative estimate of drug-likeness (QED) is 0.651. The Balaban J connectivity index is 1.82. The van der Waals surface area contributed by atoms with Crippen molar-refractivity contribution in [3.8, 4) is 0 Å². The fraction of sp³-hybridized carbons (Fsp3) is 0.111. The lowest BCUT2D eigenvalue weighted by molar-refractivity contribution is -0.138. The van der Waals surface area contributed by atoms with Crippen LogP contribution in [0, 0.1) is 17.5 Å². The molecule has 1 amide bonds. The second-order valence-electron chi connectivity index (χ2n) is 5.74. The molecule has 0 saturated carbocycles. The molecule has 3 aromatic rings. The Labute approximate surface area is 154 Å². The Bertz CT molecular complexity index is 1010. The first-order valence-corrected chi connectivity index (χ1v) is 7.79. The van der Waals surface area contributed by atoms with Crippen LogP contribution >= 0.6 is 0 Å². The maximum Gasteiger partial charge on any atom is 0.416 e. The summed E-state index contributed by atoms with van der Waals surface area (Å²) in [6, 6.07) is 5.46. The topological polar surface area (TPSA) is 46.9 Å². The molecule has 0 saturated heterocycles. The Kier molecular flexibility index (Phi) is 5.12. The Morgan fingerprint density at radius 3 is 2.25 bits per heavy atom. The first-order chi connectivity index (χ1) is 13.2. The van der Waals surface area contributed by atoms with Crippen LogP contribution in [0.3, 0.4) is 0 Å². The van der Waals surface area contributed by atoms with E-state index in [2.05, 4.69) is 10.4 Å². The lowest BCUT2D eigenvalue weighted by atomic mass is 10.1. The van der Waals surface area contributed by atoms with Crippen molar-refractivity contribution >= 4 is 11.6 Å². The molecular weight excluding hydrogens is 388 g/mol. The van der Waals surface area contributed by atoms with E-state index in [4.69, 9.17) is 0 Å². The van der Waals surface area contributed by atoms with Crippen LogP contribution in [0.15, 0.2) is 48.8 Å². The Morgan fingerprint density at radius 1 is 1.00 bits per heavy atom. The normalized spacial score (nSPS) is 11.5. The number of alkyl halides is 3. The van der Waals surface area contributed by atoms with Crippen molar-refractivity contribution < 1.29 is 31.1 Å². The SMILES string of the molecule is O=C(Nc1cnn(Cc2c(F)cccc2C(F)(F)F)c1)c1c(F)cccc1F. The molecule has 2 aromatic carbocycles. The Morgan fingerprint density at radius 2 is 1.61 bits per heavy atom. The molecule has 0 aliphatic carbocycles. The van der Waals surface area contributed by atoms with Crippen LogP contribution in [-0.2, 0) is 12.7 Å². The van der Waals surface area contributed by atoms with Gasteiger partial charge in [-0.1, -0.05) is 12.1 Å². The molecule has 0 spiro atoms. The molecule has 10 heteroatoms. The number of nitrogens with zero attached hydrogens (tertiary/aromatic N) is 2. The standard InChI is InChI=1S/C18H11F6N3O/c19-13-4-1-3-12(18(22,23)24)11(13)9-27-8-10(7-25-27)26-17(28)16-14(20)5-2-6-15(16)21/h1-8H,9H2,(H,26,28). The minimum Gasteiger partial charge on any atom is -0.319 e. The number of amides is 1. The van der Waals surface area contributed by atoms with Crippen molar-refractivity contribution in [3.63, 3.8) is 0 Å². The minimum atomic E-state index is -4.76. The number of hydrogen-bond acceptors (Lipinski definition) is 2. The maximum absolute atomic E-state index is 13.9. The summed E-state index contributed by atoms with van der Waals surface area (Å²) in [5.41, 5.74) is -2.63. The third-order valence-corrected chi connectivity index (χ3v) is 3.83. The number of rotatable bonds is 4. The number of carbonyl (C=O) groups excluding carboxylic acids is 1. The van der Waals surface area contributed by atoms with Crippen molar-refractivity contribution in [2.75, 3.05) is 5.32 Å². The fourth-order valence-electron chi connectivity index (χ4n) is 2.57. The number of carbonyl (C=O) groups is 1. The molecule has 0 radical (unpaired) electrons. The Hall–Kier alpha value is -3.30. The average Bonchev–Trinajstić information content (AvgIpc) is 3.02. The summed E-state index contributed by atoms with van der Waals surface area (Å²) in [4.78, 5) is 12.0. The molecule has 0 fully saturated rings. The van der Waals surface area contributed by atoms with Crippen molar-refractivity contribution in [2.45, 2.75) is 12.7 Å². The fourth-order valence-corrected chi connectivity index (χ4v) is 2.57. The largest absolute Gasteiger partial charge is 0.416 e. The van der Waals surface area contributed by atoms with E-state index >= 15 is 0 Å². The van der Waals surface area contributed by atoms with Gasteiger partial charge in [-0.25, -0.2) is 13.2 Å². The van der Waals surface area contributed by atoms with E-state index in [1.165, 1.54) is 0 Å². The highest BCUT2D eigenvalue weighted by Gasteiger charge is 2.34. The molecule has 3 rings (SSSR count). The molecule has 1 heterocycles. The lowest BCUT2D eigenvalue weighted by Gasteiger charge is -2.13. The molecule has 0 aliphatic rings. The summed E-state index contributed by atoms with van der Waals surface area (Å²) in [5.74, 6) is -4.32. The molecule has 0 bridgehead atoms. The highest BCUT2D eigenvalue weighted by atomic mass is 19.4. The van der Waals surface area contributed by atoms with Gasteiger partial charge in [0.15, 0.2) is 0 Å². The molecule has 146 valence electrons. The van der Waals surface area contributed by atoms with Crippen LogP contribution < -0.4 is 5.32 Å². The molecule has 28 heavy (non-hydrogen) atoms. The van der Waals surface area contributed by atoms with E-state index in [1.54, 1.807) is 0 Å². The van der Waals surface area contributed by atoms with E-state index in [1.807, 2.05) is 0 Å². The van der Waals surface area contributed by atoms with Crippen LogP contribution in [0.25, 0.3) is 0 Å². The van der Waals surface area contributed by atoms with Gasteiger partial charge < -0.3 is 5.32 Å². The van der Waals surface area contributed by atoms with Gasteiger partial charge in [0.2, 0.25) is 0 Å². The molecule has 1 aromatic heterocycles. The van der Waals surface area contributed by atoms with Gasteiger partial charge in [0, 0.05) is 11.8 Å². The van der Waals surface area contributed by atoms with Crippen LogP contribution in [0.4, 0.5) is 32.0 Å². The molecular formula is C18H11F6N3O. The molecule has 0 aliphatic heterocycles. The maximum atomic E-state index is 13.9. The van der Waals surface area contributed by atoms with Crippen molar-refractivity contribution in [1.29, 1.82) is 0 Å². The molecule has 0 atom stereocenters. The smallest absolute Gasteiger partial charge is 0.319 e. The highest BCUT2D eigenvalue weighted by Crippen LogP contribution is 2.33. The summed E-state index contributed by atoms with van der Waals surface area (Å²) in [7, 11) is 0. The van der Waals surface area contributed by atoms with Crippen molar-refractivity contribution in [1.82, 2.24) is 9.78 Å². The zero-order chi connectivity index (χ0) is 20.5. The number of benzene rings is 2. The van der Waals surface area contributed by atoms with E-state index < -0.39 is 52.8 Å². The van der Waals surface area contributed by atoms with Crippen LogP contribution in [0.1, 0.15) is 21.5 Å². The second kappa shape index (κ2) is 7.37. The van der Waals surface area contributed by atoms with Gasteiger partial charge >= 0.3 is 6.18 Å². The zero-order valence-corrected chi connectivity index (χ0v) is 13.9. The third kappa shape index (κ3) is 4.00. The number of nitrogens with one attached hydrogen (secondary N) is 1. The minimum absolute atomic E-state index is 0.0300. The number of anilines is 1. The lowest BCUT2D eigenvalue weighted by Crippen LogP contribution is -2.15. The summed E-state index contributed by atoms with van der Waals surface area (Å²) in [5, 5.41) is 5.94. The van der Waals surface area contributed by atoms with E-state index in [9.17, 15) is 31.1 Å². The first-order valence-electron chi connectivity index (χ1n) is 7.79. The predicted octanol–water partition coefficient (Wildman–Crippen LogP) is 4.62. The van der Waals surface area contributed by atoms with Gasteiger partial charge in [-0.3, -0.25) is 9.48 Å². The highest BCUT2D eigenvalue weighted by molar-refractivity contribution is 6.04. The average molecular weight is 399 g/mol. The zero-order valence-electron chi connectivity index (χ0n) is 13.9. The van der Waals surface area contributed by atoms with Crippen LogP contribution in [0.5, 0.6) is 0 Å². The summed E-state index contributed by atoms with van der Waals surface area (Å²) in [6.07, 6.45) is -2.59. The molecule has 4 nitrogen and oxygen atoms in total. The number of aromatic nitrogens is 2. The predicted molar refractivity (Wildman–Crippen MR) is 87.0 cm³/mol. The monoisotopic (exact) mass is 399 g/mol. The van der Waals surface area contributed by atoms with Gasteiger partial charge in [-0.2, -0.15) is 18.3 Å². The second-order valence-corrected chi connectivity index (χ2v) is 5.74. The van der Waals surface area contributed by atoms with E-state index in [0.29, 0.717) is 0 Å².